The molecule has 0 spiro atoms. The van der Waals surface area contributed by atoms with Crippen molar-refractivity contribution in [3.8, 4) is 11.6 Å². The molecule has 3 rings (SSSR count). The zero-order chi connectivity index (χ0) is 17.6. The number of aromatic nitrogens is 2. The smallest absolute Gasteiger partial charge is 0.268 e. The summed E-state index contributed by atoms with van der Waals surface area (Å²) in [7, 11) is 0. The highest BCUT2D eigenvalue weighted by Crippen LogP contribution is 2.40. The molecule has 0 radical (unpaired) electrons. The van der Waals surface area contributed by atoms with Gasteiger partial charge in [0, 0.05) is 15.2 Å². The number of fused-ring (bicyclic) bond motifs is 1. The monoisotopic (exact) mass is 327 g/mol. The first-order valence-corrected chi connectivity index (χ1v) is 7.19. The van der Waals surface area contributed by atoms with Crippen molar-refractivity contribution in [3.05, 3.63) is 49.2 Å². The Balaban J connectivity index is 2.07. The molecule has 1 unspecified atom stereocenters. The number of aromatic amines is 1. The molecule has 0 saturated carbocycles. The minimum atomic E-state index is -2.25. The molecule has 0 aliphatic heterocycles. The van der Waals surface area contributed by atoms with E-state index in [-0.39, 0.29) is 17.2 Å². The molecular formula is C15H14Cl2N2O2. The van der Waals surface area contributed by atoms with Gasteiger partial charge >= 0.3 is 0 Å². The van der Waals surface area contributed by atoms with Crippen molar-refractivity contribution in [1.29, 1.82) is 0 Å². The average Bonchev–Trinajstić information content (AvgIpc) is 2.90. The highest BCUT2D eigenvalue weighted by atomic mass is 35.5. The lowest BCUT2D eigenvalue weighted by Gasteiger charge is -2.12. The Morgan fingerprint density at radius 1 is 1.43 bits per heavy atom. The van der Waals surface area contributed by atoms with Crippen molar-refractivity contribution in [3.63, 3.8) is 0 Å². The first-order valence-electron chi connectivity index (χ1n) is 7.93. The summed E-state index contributed by atoms with van der Waals surface area (Å²) in [6.45, 7) is -0.408. The van der Waals surface area contributed by atoms with Crippen LogP contribution < -0.4 is 10.3 Å². The van der Waals surface area contributed by atoms with Gasteiger partial charge in [-0.2, -0.15) is 0 Å². The number of hydrogen-bond donors (Lipinski definition) is 1. The second-order valence-corrected chi connectivity index (χ2v) is 5.82. The summed E-state index contributed by atoms with van der Waals surface area (Å²) in [4.78, 5) is 12.1. The van der Waals surface area contributed by atoms with Gasteiger partial charge < -0.3 is 4.74 Å². The van der Waals surface area contributed by atoms with E-state index in [2.05, 4.69) is 10.2 Å². The summed E-state index contributed by atoms with van der Waals surface area (Å²) in [5.41, 5.74) is 1.07. The molecule has 6 heteroatoms. The van der Waals surface area contributed by atoms with Gasteiger partial charge in [-0.1, -0.05) is 30.1 Å². The Labute approximate surface area is 136 Å². The van der Waals surface area contributed by atoms with Crippen LogP contribution in [0.4, 0.5) is 0 Å². The van der Waals surface area contributed by atoms with Gasteiger partial charge in [-0.3, -0.25) is 4.79 Å². The van der Waals surface area contributed by atoms with Crippen LogP contribution in [0, 0.1) is 6.92 Å². The third kappa shape index (κ3) is 2.54. The molecule has 1 aliphatic rings. The van der Waals surface area contributed by atoms with E-state index in [4.69, 9.17) is 32.1 Å². The number of benzene rings is 1. The molecule has 1 aliphatic carbocycles. The topological polar surface area (TPSA) is 55.0 Å². The molecule has 1 aromatic heterocycles. The van der Waals surface area contributed by atoms with E-state index >= 15 is 0 Å². The number of H-pyrrole nitrogens is 1. The van der Waals surface area contributed by atoms with Crippen molar-refractivity contribution in [1.82, 2.24) is 10.2 Å². The summed E-state index contributed by atoms with van der Waals surface area (Å²) in [5, 5.41) is 6.84. The molecule has 1 N–H and O–H groups in total. The van der Waals surface area contributed by atoms with Crippen molar-refractivity contribution in [2.24, 2.45) is 0 Å². The lowest BCUT2D eigenvalue weighted by Crippen LogP contribution is -2.16. The van der Waals surface area contributed by atoms with Crippen LogP contribution >= 0.6 is 23.2 Å². The van der Waals surface area contributed by atoms with Gasteiger partial charge in [0.25, 0.3) is 5.56 Å². The number of halogens is 2. The first kappa shape index (κ1) is 11.1. The summed E-state index contributed by atoms with van der Waals surface area (Å²) in [6.07, 6.45) is 0.734. The minimum absolute atomic E-state index is 0.129. The van der Waals surface area contributed by atoms with E-state index in [0.29, 0.717) is 28.5 Å². The first-order chi connectivity index (χ1) is 11.2. The highest BCUT2D eigenvalue weighted by Gasteiger charge is 2.27. The second-order valence-electron chi connectivity index (χ2n) is 5.00. The zero-order valence-corrected chi connectivity index (χ0v) is 12.7. The van der Waals surface area contributed by atoms with Gasteiger partial charge in [0.2, 0.25) is 5.88 Å². The van der Waals surface area contributed by atoms with Crippen LogP contribution in [-0.4, -0.2) is 10.2 Å². The van der Waals surface area contributed by atoms with Crippen molar-refractivity contribution < 1.29 is 8.85 Å². The summed E-state index contributed by atoms with van der Waals surface area (Å²) in [5.74, 6) is -0.474. The van der Waals surface area contributed by atoms with Gasteiger partial charge in [0.05, 0.1) is 10.0 Å². The maximum absolute atomic E-state index is 12.1. The molecular weight excluding hydrogens is 311 g/mol. The predicted molar refractivity (Wildman–Crippen MR) is 82.9 cm³/mol. The molecule has 0 bridgehead atoms. The lowest BCUT2D eigenvalue weighted by atomic mass is 10.1. The quantitative estimate of drug-likeness (QED) is 0.898. The molecule has 110 valence electrons. The number of aryl methyl sites for hydroxylation is 1. The molecule has 1 heterocycles. The van der Waals surface area contributed by atoms with Crippen LogP contribution in [0.15, 0.2) is 16.9 Å². The maximum atomic E-state index is 12.1. The van der Waals surface area contributed by atoms with E-state index < -0.39 is 18.3 Å². The molecule has 2 aromatic rings. The lowest BCUT2D eigenvalue weighted by molar-refractivity contribution is 0.448. The molecule has 21 heavy (non-hydrogen) atoms. The maximum Gasteiger partial charge on any atom is 0.268 e. The van der Waals surface area contributed by atoms with Crippen molar-refractivity contribution >= 4 is 23.2 Å². The van der Waals surface area contributed by atoms with Gasteiger partial charge in [-0.15, -0.1) is 5.10 Å². The number of nitrogens with one attached hydrogen (secondary N) is 1. The molecule has 1 atom stereocenters. The van der Waals surface area contributed by atoms with E-state index in [1.807, 2.05) is 6.92 Å². The SMILES string of the molecule is [2H]C([2H])([2H])C1CCc2c(Oc3c(Cl)cc(C)cc3Cl)n[nH]c(=O)c21. The van der Waals surface area contributed by atoms with Crippen LogP contribution in [0.25, 0.3) is 0 Å². The number of hydrogen-bond acceptors (Lipinski definition) is 3. The van der Waals surface area contributed by atoms with E-state index in [1.54, 1.807) is 12.1 Å². The molecule has 0 amide bonds. The standard InChI is InChI=1S/C15H14Cl2N2O2/c1-7-5-10(16)13(11(17)6-7)21-15-9-4-3-8(2)12(9)14(20)18-19-15/h5-6,8H,3-4H2,1-2H3,(H,18,20)/i2D3. The third-order valence-electron chi connectivity index (χ3n) is 3.46. The van der Waals surface area contributed by atoms with Crippen LogP contribution in [-0.2, 0) is 6.42 Å². The van der Waals surface area contributed by atoms with Gasteiger partial charge in [-0.25, -0.2) is 5.10 Å². The largest absolute Gasteiger partial charge is 0.434 e. The molecule has 0 saturated heterocycles. The van der Waals surface area contributed by atoms with Crippen LogP contribution in [0.5, 0.6) is 11.6 Å². The summed E-state index contributed by atoms with van der Waals surface area (Å²) < 4.78 is 28.6. The fraction of sp³-hybridized carbons (Fsp3) is 0.333. The summed E-state index contributed by atoms with van der Waals surface area (Å²) >= 11 is 12.3. The number of ether oxygens (including phenoxy) is 1. The Hall–Kier alpha value is -1.52. The van der Waals surface area contributed by atoms with Crippen LogP contribution in [0.1, 0.15) is 40.0 Å². The fourth-order valence-electron chi connectivity index (χ4n) is 2.49. The van der Waals surface area contributed by atoms with Crippen LogP contribution in [0.3, 0.4) is 0 Å². The molecule has 1 aromatic carbocycles. The molecule has 0 fully saturated rings. The summed E-state index contributed by atoms with van der Waals surface area (Å²) in [6, 6.07) is 3.39. The van der Waals surface area contributed by atoms with Crippen molar-refractivity contribution in [2.75, 3.05) is 0 Å². The Morgan fingerprint density at radius 3 is 2.81 bits per heavy atom. The van der Waals surface area contributed by atoms with E-state index in [1.165, 1.54) is 0 Å². The average molecular weight is 328 g/mol. The second kappa shape index (κ2) is 5.35. The Bertz CT molecular complexity index is 842. The van der Waals surface area contributed by atoms with Gasteiger partial charge in [-0.05, 0) is 43.4 Å². The van der Waals surface area contributed by atoms with Gasteiger partial charge in [0.15, 0.2) is 5.75 Å². The number of nitrogens with zero attached hydrogens (tertiary/aromatic N) is 1. The predicted octanol–water partition coefficient (Wildman–Crippen LogP) is 4.23. The normalized spacial score (nSPS) is 19.6. The fourth-order valence-corrected chi connectivity index (χ4v) is 3.16. The van der Waals surface area contributed by atoms with E-state index in [0.717, 1.165) is 5.56 Å². The zero-order valence-electron chi connectivity index (χ0n) is 14.2. The van der Waals surface area contributed by atoms with Crippen LogP contribution in [0.2, 0.25) is 10.0 Å². The Kier molecular flexibility index (Phi) is 2.83. The van der Waals surface area contributed by atoms with Gasteiger partial charge in [0.1, 0.15) is 0 Å². The van der Waals surface area contributed by atoms with E-state index in [9.17, 15) is 4.79 Å². The highest BCUT2D eigenvalue weighted by molar-refractivity contribution is 6.37. The molecule has 4 nitrogen and oxygen atoms in total. The Morgan fingerprint density at radius 2 is 2.14 bits per heavy atom. The van der Waals surface area contributed by atoms with Crippen molar-refractivity contribution in [2.45, 2.75) is 32.5 Å². The third-order valence-corrected chi connectivity index (χ3v) is 4.02. The number of rotatable bonds is 2. The minimum Gasteiger partial charge on any atom is -0.434 e.